The molecule has 234 valence electrons. The van der Waals surface area contributed by atoms with Gasteiger partial charge >= 0.3 is 0 Å². The summed E-state index contributed by atoms with van der Waals surface area (Å²) in [6, 6.07) is 8.96. The Hall–Kier alpha value is -0.0200. The zero-order valence-corrected chi connectivity index (χ0v) is 28.9. The summed E-state index contributed by atoms with van der Waals surface area (Å²) in [6.07, 6.45) is 23.3. The number of aryl methyl sites for hydroxylation is 1. The highest BCUT2D eigenvalue weighted by molar-refractivity contribution is 14.1. The van der Waals surface area contributed by atoms with Gasteiger partial charge < -0.3 is 23.2 Å². The minimum atomic E-state index is -4.20. The summed E-state index contributed by atoms with van der Waals surface area (Å²) < 4.78 is 29.0. The van der Waals surface area contributed by atoms with E-state index in [1.165, 1.54) is 112 Å². The molecule has 0 spiro atoms. The maximum Gasteiger partial charge on any atom is 0.268 e. The van der Waals surface area contributed by atoms with Gasteiger partial charge in [0.1, 0.15) is 13.2 Å². The molecule has 0 fully saturated rings. The fourth-order valence-corrected chi connectivity index (χ4v) is 5.65. The molecule has 40 heavy (non-hydrogen) atoms. The molecule has 1 aromatic rings. The third-order valence-corrected chi connectivity index (χ3v) is 8.83. The SMILES string of the molecule is C[N+](C)(C)CCOP(=O)([O-])OCCCOCCCCCCCCCCCCCCCCCCc1ccc([124I])cc1. The maximum absolute atomic E-state index is 11.7. The van der Waals surface area contributed by atoms with E-state index in [1.54, 1.807) is 0 Å². The zero-order chi connectivity index (χ0) is 29.4. The quantitative estimate of drug-likeness (QED) is 0.0381. The van der Waals surface area contributed by atoms with Crippen molar-refractivity contribution >= 4 is 30.4 Å². The minimum Gasteiger partial charge on any atom is -0.756 e. The third-order valence-electron chi connectivity index (χ3n) is 7.11. The van der Waals surface area contributed by atoms with Gasteiger partial charge in [-0.1, -0.05) is 102 Å². The second kappa shape index (κ2) is 24.4. The first-order valence-corrected chi connectivity index (χ1v) is 18.4. The maximum atomic E-state index is 11.7. The van der Waals surface area contributed by atoms with Crippen LogP contribution in [0.15, 0.2) is 24.3 Å². The van der Waals surface area contributed by atoms with Crippen LogP contribution in [0.25, 0.3) is 0 Å². The second-order valence-corrected chi connectivity index (χ2v) is 14.8. The van der Waals surface area contributed by atoms with Gasteiger partial charge in [-0.3, -0.25) is 4.57 Å². The van der Waals surface area contributed by atoms with Gasteiger partial charge in [-0.25, -0.2) is 0 Å². The van der Waals surface area contributed by atoms with Crippen LogP contribution in [0.4, 0.5) is 0 Å². The van der Waals surface area contributed by atoms with Gasteiger partial charge in [-0.05, 0) is 66.0 Å². The first-order valence-electron chi connectivity index (χ1n) is 15.9. The van der Waals surface area contributed by atoms with Crippen LogP contribution in [0.2, 0.25) is 0 Å². The van der Waals surface area contributed by atoms with E-state index in [2.05, 4.69) is 46.9 Å². The van der Waals surface area contributed by atoms with Gasteiger partial charge in [0.2, 0.25) is 0 Å². The lowest BCUT2D eigenvalue weighted by Crippen LogP contribution is -2.37. The first-order chi connectivity index (χ1) is 19.2. The molecule has 1 aromatic carbocycles. The van der Waals surface area contributed by atoms with Crippen molar-refractivity contribution in [2.45, 2.75) is 116 Å². The molecule has 0 aliphatic heterocycles. The van der Waals surface area contributed by atoms with E-state index in [1.807, 2.05) is 21.1 Å². The molecule has 0 radical (unpaired) electrons. The predicted octanol–water partition coefficient (Wildman–Crippen LogP) is 8.69. The minimum absolute atomic E-state index is 0.111. The van der Waals surface area contributed by atoms with Crippen molar-refractivity contribution in [1.82, 2.24) is 0 Å². The summed E-state index contributed by atoms with van der Waals surface area (Å²) in [4.78, 5) is 11.7. The molecule has 0 amide bonds. The molecular weight excluding hydrogens is 633 g/mol. The van der Waals surface area contributed by atoms with Crippen LogP contribution in [0, 0.1) is 3.57 Å². The third kappa shape index (κ3) is 25.7. The summed E-state index contributed by atoms with van der Waals surface area (Å²) in [5.74, 6) is 0. The van der Waals surface area contributed by atoms with E-state index >= 15 is 0 Å². The average molecular weight is 693 g/mol. The van der Waals surface area contributed by atoms with Crippen LogP contribution >= 0.6 is 30.4 Å². The summed E-state index contributed by atoms with van der Waals surface area (Å²) >= 11 is 2.37. The van der Waals surface area contributed by atoms with Crippen molar-refractivity contribution in [2.24, 2.45) is 0 Å². The van der Waals surface area contributed by atoms with Gasteiger partial charge in [0.15, 0.2) is 0 Å². The van der Waals surface area contributed by atoms with Crippen molar-refractivity contribution in [3.05, 3.63) is 33.4 Å². The summed E-state index contributed by atoms with van der Waals surface area (Å²) in [6.45, 7) is 2.11. The number of benzene rings is 1. The lowest BCUT2D eigenvalue weighted by molar-refractivity contribution is -0.870. The molecule has 6 nitrogen and oxygen atoms in total. The Kier molecular flexibility index (Phi) is 23.2. The van der Waals surface area contributed by atoms with E-state index in [0.717, 1.165) is 13.0 Å². The topological polar surface area (TPSA) is 67.8 Å². The molecule has 0 saturated heterocycles. The summed E-state index contributed by atoms with van der Waals surface area (Å²) in [5.41, 5.74) is 1.48. The standard InChI is InChI=1S/C32H59INO5P/c1-34(2,3)26-30-39-40(35,36)38-29-20-28-37-27-19-17-15-13-11-9-7-5-4-6-8-10-12-14-16-18-21-31-22-24-32(33)25-23-31/h22-25H,4-21,26-30H2,1-3H3/i33-3. The number of hydrogen-bond acceptors (Lipinski definition) is 5. The first kappa shape index (κ1) is 38.0. The number of phosphoric ester groups is 1. The van der Waals surface area contributed by atoms with Crippen LogP contribution < -0.4 is 4.89 Å². The van der Waals surface area contributed by atoms with Gasteiger partial charge in [0.25, 0.3) is 7.82 Å². The van der Waals surface area contributed by atoms with Crippen LogP contribution in [0.1, 0.15) is 115 Å². The highest BCUT2D eigenvalue weighted by Gasteiger charge is 2.13. The lowest BCUT2D eigenvalue weighted by Gasteiger charge is -2.27. The Bertz CT molecular complexity index is 757. The van der Waals surface area contributed by atoms with E-state index in [4.69, 9.17) is 13.8 Å². The molecule has 0 aliphatic rings. The number of likely N-dealkylation sites (N-methyl/N-ethyl adjacent to an activating group) is 1. The van der Waals surface area contributed by atoms with Crippen LogP contribution in [-0.4, -0.2) is 58.6 Å². The molecular formula is C32H59INO5P. The van der Waals surface area contributed by atoms with Gasteiger partial charge in [-0.15, -0.1) is 0 Å². The molecule has 1 rings (SSSR count). The number of hydrogen-bond donors (Lipinski definition) is 0. The van der Waals surface area contributed by atoms with Crippen LogP contribution in [0.5, 0.6) is 0 Å². The van der Waals surface area contributed by atoms with E-state index in [-0.39, 0.29) is 13.2 Å². The van der Waals surface area contributed by atoms with Crippen molar-refractivity contribution in [3.63, 3.8) is 0 Å². The fourth-order valence-electron chi connectivity index (χ4n) is 4.56. The largest absolute Gasteiger partial charge is 0.756 e. The predicted molar refractivity (Wildman–Crippen MR) is 175 cm³/mol. The van der Waals surface area contributed by atoms with Gasteiger partial charge in [-0.2, -0.15) is 0 Å². The fraction of sp³-hybridized carbons (Fsp3) is 0.812. The number of quaternary nitrogens is 1. The molecule has 1 atom stereocenters. The van der Waals surface area contributed by atoms with Gasteiger partial charge in [0.05, 0.1) is 27.7 Å². The number of unbranched alkanes of at least 4 members (excludes halogenated alkanes) is 15. The number of nitrogens with zero attached hydrogens (tertiary/aromatic N) is 1. The summed E-state index contributed by atoms with van der Waals surface area (Å²) in [7, 11) is 1.75. The molecule has 1 unspecified atom stereocenters. The smallest absolute Gasteiger partial charge is 0.268 e. The Morgan fingerprint density at radius 3 is 1.55 bits per heavy atom. The molecule has 0 aliphatic carbocycles. The Labute approximate surface area is 260 Å². The van der Waals surface area contributed by atoms with E-state index < -0.39 is 7.82 Å². The normalized spacial score (nSPS) is 13.5. The molecule has 0 aromatic heterocycles. The number of ether oxygens (including phenoxy) is 1. The molecule has 0 saturated carbocycles. The lowest BCUT2D eigenvalue weighted by atomic mass is 10.0. The number of rotatable bonds is 28. The highest BCUT2D eigenvalue weighted by Crippen LogP contribution is 2.38. The molecule has 0 bridgehead atoms. The number of phosphoric acid groups is 1. The Balaban J connectivity index is 1.72. The zero-order valence-electron chi connectivity index (χ0n) is 25.9. The average Bonchev–Trinajstić information content (AvgIpc) is 2.89. The molecule has 0 N–H and O–H groups in total. The number of halogens is 1. The summed E-state index contributed by atoms with van der Waals surface area (Å²) in [5, 5.41) is 0. The second-order valence-electron chi connectivity index (χ2n) is 12.1. The van der Waals surface area contributed by atoms with Crippen molar-refractivity contribution < 1.29 is 27.7 Å². The van der Waals surface area contributed by atoms with E-state index in [0.29, 0.717) is 24.1 Å². The van der Waals surface area contributed by atoms with Gasteiger partial charge in [0, 0.05) is 16.8 Å². The van der Waals surface area contributed by atoms with E-state index in [9.17, 15) is 9.46 Å². The Morgan fingerprint density at radius 2 is 1.05 bits per heavy atom. The monoisotopic (exact) mass is 692 g/mol. The Morgan fingerprint density at radius 1 is 0.625 bits per heavy atom. The van der Waals surface area contributed by atoms with Crippen LogP contribution in [-0.2, 0) is 24.8 Å². The van der Waals surface area contributed by atoms with Crippen LogP contribution in [0.3, 0.4) is 0 Å². The highest BCUT2D eigenvalue weighted by atomic mass is 124. The van der Waals surface area contributed by atoms with Crippen molar-refractivity contribution in [3.8, 4) is 0 Å². The molecule has 8 heteroatoms. The van der Waals surface area contributed by atoms with Crippen molar-refractivity contribution in [1.29, 1.82) is 0 Å². The molecule has 0 heterocycles. The van der Waals surface area contributed by atoms with Crippen molar-refractivity contribution in [2.75, 3.05) is 54.1 Å².